The number of rotatable bonds is 2. The van der Waals surface area contributed by atoms with Crippen molar-refractivity contribution in [1.29, 1.82) is 0 Å². The van der Waals surface area contributed by atoms with Crippen LogP contribution < -0.4 is 5.32 Å². The summed E-state index contributed by atoms with van der Waals surface area (Å²) in [7, 11) is 1.93. The van der Waals surface area contributed by atoms with Crippen LogP contribution in [0.2, 0.25) is 5.02 Å². The minimum absolute atomic E-state index is 0.816. The first kappa shape index (κ1) is 10.9. The fourth-order valence-corrected chi connectivity index (χ4v) is 2.05. The van der Waals surface area contributed by atoms with Crippen molar-refractivity contribution in [3.05, 3.63) is 16.4 Å². The van der Waals surface area contributed by atoms with Gasteiger partial charge in [0.1, 0.15) is 0 Å². The summed E-state index contributed by atoms with van der Waals surface area (Å²) >= 11 is 6.21. The SMILES string of the molecule is Cc1c(Cl)c(CN2CCNCC2)nn1C. The van der Waals surface area contributed by atoms with Gasteiger partial charge in [-0.25, -0.2) is 0 Å². The van der Waals surface area contributed by atoms with Crippen LogP contribution in [0.15, 0.2) is 0 Å². The van der Waals surface area contributed by atoms with Gasteiger partial charge in [-0.2, -0.15) is 5.10 Å². The molecule has 2 rings (SSSR count). The monoisotopic (exact) mass is 228 g/mol. The second-order valence-corrected chi connectivity index (χ2v) is 4.37. The van der Waals surface area contributed by atoms with Crippen LogP contribution in [0.25, 0.3) is 0 Å². The fraction of sp³-hybridized carbons (Fsp3) is 0.700. The zero-order valence-corrected chi connectivity index (χ0v) is 10.0. The van der Waals surface area contributed by atoms with Gasteiger partial charge in [0, 0.05) is 39.8 Å². The van der Waals surface area contributed by atoms with Crippen molar-refractivity contribution in [2.75, 3.05) is 26.2 Å². The molecule has 1 aliphatic rings. The van der Waals surface area contributed by atoms with Crippen LogP contribution in [0.5, 0.6) is 0 Å². The number of piperazine rings is 1. The van der Waals surface area contributed by atoms with E-state index in [0.29, 0.717) is 0 Å². The summed E-state index contributed by atoms with van der Waals surface area (Å²) in [6, 6.07) is 0. The minimum Gasteiger partial charge on any atom is -0.314 e. The Kier molecular flexibility index (Phi) is 3.29. The summed E-state index contributed by atoms with van der Waals surface area (Å²) in [6.45, 7) is 7.13. The van der Waals surface area contributed by atoms with Gasteiger partial charge < -0.3 is 5.32 Å². The van der Waals surface area contributed by atoms with Crippen LogP contribution in [0, 0.1) is 6.92 Å². The molecule has 0 amide bonds. The Bertz CT molecular complexity index is 341. The summed E-state index contributed by atoms with van der Waals surface area (Å²) in [4.78, 5) is 2.38. The zero-order valence-electron chi connectivity index (χ0n) is 9.26. The zero-order chi connectivity index (χ0) is 10.8. The maximum atomic E-state index is 6.21. The Hall–Kier alpha value is -0.580. The van der Waals surface area contributed by atoms with Crippen LogP contribution in [0.1, 0.15) is 11.4 Å². The Labute approximate surface area is 95.2 Å². The summed E-state index contributed by atoms with van der Waals surface area (Å²) in [5.41, 5.74) is 2.04. The molecule has 0 aromatic carbocycles. The first-order valence-electron chi connectivity index (χ1n) is 5.29. The summed E-state index contributed by atoms with van der Waals surface area (Å²) in [5, 5.41) is 8.57. The lowest BCUT2D eigenvalue weighted by molar-refractivity contribution is 0.230. The van der Waals surface area contributed by atoms with E-state index in [9.17, 15) is 0 Å². The van der Waals surface area contributed by atoms with Gasteiger partial charge in [0.15, 0.2) is 0 Å². The molecule has 1 fully saturated rings. The van der Waals surface area contributed by atoms with Gasteiger partial charge in [0.25, 0.3) is 0 Å². The number of halogens is 1. The average molecular weight is 229 g/mol. The van der Waals surface area contributed by atoms with E-state index in [4.69, 9.17) is 11.6 Å². The molecule has 0 unspecified atom stereocenters. The van der Waals surface area contributed by atoms with Crippen LogP contribution in [0.4, 0.5) is 0 Å². The number of nitrogens with one attached hydrogen (secondary N) is 1. The Morgan fingerprint density at radius 3 is 2.60 bits per heavy atom. The minimum atomic E-state index is 0.816. The molecule has 0 atom stereocenters. The maximum absolute atomic E-state index is 6.21. The number of aryl methyl sites for hydroxylation is 1. The van der Waals surface area contributed by atoms with Crippen molar-refractivity contribution in [2.24, 2.45) is 7.05 Å². The highest BCUT2D eigenvalue weighted by molar-refractivity contribution is 6.31. The van der Waals surface area contributed by atoms with E-state index in [-0.39, 0.29) is 0 Å². The number of hydrogen-bond donors (Lipinski definition) is 1. The van der Waals surface area contributed by atoms with E-state index >= 15 is 0 Å². The number of aromatic nitrogens is 2. The molecular formula is C10H17ClN4. The van der Waals surface area contributed by atoms with E-state index in [1.54, 1.807) is 0 Å². The molecule has 1 aromatic rings. The Morgan fingerprint density at radius 2 is 2.07 bits per heavy atom. The Balaban J connectivity index is 2.06. The molecule has 1 N–H and O–H groups in total. The standard InChI is InChI=1S/C10H17ClN4/c1-8-10(11)9(13-14(8)2)7-15-5-3-12-4-6-15/h12H,3-7H2,1-2H3. The molecule has 84 valence electrons. The van der Waals surface area contributed by atoms with Crippen LogP contribution >= 0.6 is 11.6 Å². The average Bonchev–Trinajstić information content (AvgIpc) is 2.48. The topological polar surface area (TPSA) is 33.1 Å². The molecule has 2 heterocycles. The fourth-order valence-electron chi connectivity index (χ4n) is 1.83. The molecule has 5 heteroatoms. The van der Waals surface area contributed by atoms with Gasteiger partial charge in [-0.3, -0.25) is 9.58 Å². The second-order valence-electron chi connectivity index (χ2n) is 4.00. The number of nitrogens with zero attached hydrogens (tertiary/aromatic N) is 3. The second kappa shape index (κ2) is 4.51. The molecule has 0 radical (unpaired) electrons. The van der Waals surface area contributed by atoms with Gasteiger partial charge in [-0.05, 0) is 6.92 Å². The highest BCUT2D eigenvalue weighted by atomic mass is 35.5. The van der Waals surface area contributed by atoms with Crippen LogP contribution in [-0.4, -0.2) is 40.9 Å². The van der Waals surface area contributed by atoms with Gasteiger partial charge in [0.2, 0.25) is 0 Å². The quantitative estimate of drug-likeness (QED) is 0.813. The predicted octanol–water partition coefficient (Wildman–Crippen LogP) is 0.787. The van der Waals surface area contributed by atoms with Crippen molar-refractivity contribution in [3.63, 3.8) is 0 Å². The number of hydrogen-bond acceptors (Lipinski definition) is 3. The van der Waals surface area contributed by atoms with Gasteiger partial charge in [0.05, 0.1) is 16.4 Å². The lowest BCUT2D eigenvalue weighted by Gasteiger charge is -2.26. The highest BCUT2D eigenvalue weighted by Gasteiger charge is 2.15. The predicted molar refractivity (Wildman–Crippen MR) is 61.1 cm³/mol. The smallest absolute Gasteiger partial charge is 0.0953 e. The summed E-state index contributed by atoms with van der Waals surface area (Å²) in [5.74, 6) is 0. The maximum Gasteiger partial charge on any atom is 0.0953 e. The molecule has 15 heavy (non-hydrogen) atoms. The normalized spacial score (nSPS) is 18.3. The molecule has 1 aliphatic heterocycles. The van der Waals surface area contributed by atoms with Gasteiger partial charge in [-0.1, -0.05) is 11.6 Å². The molecule has 0 saturated carbocycles. The molecule has 0 aliphatic carbocycles. The lowest BCUT2D eigenvalue weighted by atomic mass is 10.3. The molecule has 0 bridgehead atoms. The summed E-state index contributed by atoms with van der Waals surface area (Å²) < 4.78 is 1.85. The molecule has 4 nitrogen and oxygen atoms in total. The molecular weight excluding hydrogens is 212 g/mol. The van der Waals surface area contributed by atoms with E-state index in [2.05, 4.69) is 15.3 Å². The van der Waals surface area contributed by atoms with Crippen molar-refractivity contribution >= 4 is 11.6 Å². The third kappa shape index (κ3) is 2.33. The van der Waals surface area contributed by atoms with Crippen molar-refractivity contribution < 1.29 is 0 Å². The molecule has 1 saturated heterocycles. The first-order chi connectivity index (χ1) is 7.18. The van der Waals surface area contributed by atoms with E-state index in [1.807, 2.05) is 18.7 Å². The highest BCUT2D eigenvalue weighted by Crippen LogP contribution is 2.20. The molecule has 1 aromatic heterocycles. The van der Waals surface area contributed by atoms with E-state index < -0.39 is 0 Å². The van der Waals surface area contributed by atoms with Crippen molar-refractivity contribution in [1.82, 2.24) is 20.0 Å². The molecule has 0 spiro atoms. The van der Waals surface area contributed by atoms with E-state index in [1.165, 1.54) is 0 Å². The Morgan fingerprint density at radius 1 is 1.40 bits per heavy atom. The third-order valence-corrected chi connectivity index (χ3v) is 3.40. The lowest BCUT2D eigenvalue weighted by Crippen LogP contribution is -2.43. The summed E-state index contributed by atoms with van der Waals surface area (Å²) in [6.07, 6.45) is 0. The third-order valence-electron chi connectivity index (χ3n) is 2.91. The van der Waals surface area contributed by atoms with Crippen molar-refractivity contribution in [2.45, 2.75) is 13.5 Å². The van der Waals surface area contributed by atoms with Gasteiger partial charge >= 0.3 is 0 Å². The first-order valence-corrected chi connectivity index (χ1v) is 5.67. The van der Waals surface area contributed by atoms with Crippen LogP contribution in [0.3, 0.4) is 0 Å². The van der Waals surface area contributed by atoms with E-state index in [0.717, 1.165) is 49.1 Å². The van der Waals surface area contributed by atoms with Crippen molar-refractivity contribution in [3.8, 4) is 0 Å². The van der Waals surface area contributed by atoms with Gasteiger partial charge in [-0.15, -0.1) is 0 Å². The van der Waals surface area contributed by atoms with Crippen LogP contribution in [-0.2, 0) is 13.6 Å². The largest absolute Gasteiger partial charge is 0.314 e.